The molecule has 17 heavy (non-hydrogen) atoms. The highest BCUT2D eigenvalue weighted by Crippen LogP contribution is 2.29. The molecule has 0 fully saturated rings. The average molecular weight is 345 g/mol. The predicted molar refractivity (Wildman–Crippen MR) is 72.1 cm³/mol. The van der Waals surface area contributed by atoms with Crippen LogP contribution in [0.1, 0.15) is 18.4 Å². The van der Waals surface area contributed by atoms with Crippen LogP contribution in [-0.4, -0.2) is 23.5 Å². The van der Waals surface area contributed by atoms with Gasteiger partial charge in [0.1, 0.15) is 0 Å². The van der Waals surface area contributed by atoms with E-state index in [4.69, 9.17) is 5.11 Å². The van der Waals surface area contributed by atoms with Gasteiger partial charge in [0.2, 0.25) is 5.91 Å². The van der Waals surface area contributed by atoms with Crippen LogP contribution >= 0.6 is 22.6 Å². The molecule has 0 spiro atoms. The quantitative estimate of drug-likeness (QED) is 0.853. The van der Waals surface area contributed by atoms with Gasteiger partial charge in [0.25, 0.3) is 0 Å². The zero-order chi connectivity index (χ0) is 12.4. The molecule has 5 heteroatoms. The van der Waals surface area contributed by atoms with Crippen LogP contribution in [0.2, 0.25) is 0 Å². The number of halogens is 1. The SMILES string of the molecule is O=C(O)CCN1C(=O)CCc2cc(I)ccc21. The van der Waals surface area contributed by atoms with E-state index in [1.807, 2.05) is 12.1 Å². The van der Waals surface area contributed by atoms with E-state index >= 15 is 0 Å². The Labute approximate surface area is 113 Å². The lowest BCUT2D eigenvalue weighted by Crippen LogP contribution is -2.36. The van der Waals surface area contributed by atoms with E-state index in [1.165, 1.54) is 0 Å². The maximum absolute atomic E-state index is 11.8. The van der Waals surface area contributed by atoms with E-state index < -0.39 is 5.97 Å². The first-order chi connectivity index (χ1) is 8.08. The van der Waals surface area contributed by atoms with Crippen LogP contribution in [0.5, 0.6) is 0 Å². The number of carboxylic acid groups (broad SMARTS) is 1. The van der Waals surface area contributed by atoms with Crippen molar-refractivity contribution in [2.24, 2.45) is 0 Å². The molecule has 1 amide bonds. The number of hydrogen-bond donors (Lipinski definition) is 1. The molecule has 1 aliphatic rings. The molecule has 0 saturated heterocycles. The smallest absolute Gasteiger partial charge is 0.305 e. The van der Waals surface area contributed by atoms with Gasteiger partial charge in [-0.2, -0.15) is 0 Å². The first-order valence-corrected chi connectivity index (χ1v) is 6.46. The number of aryl methyl sites for hydroxylation is 1. The molecule has 0 bridgehead atoms. The first-order valence-electron chi connectivity index (χ1n) is 5.38. The van der Waals surface area contributed by atoms with Crippen molar-refractivity contribution in [1.29, 1.82) is 0 Å². The molecule has 1 aliphatic heterocycles. The number of anilines is 1. The fourth-order valence-corrected chi connectivity index (χ4v) is 2.54. The van der Waals surface area contributed by atoms with Crippen molar-refractivity contribution in [2.45, 2.75) is 19.3 Å². The largest absolute Gasteiger partial charge is 0.481 e. The maximum atomic E-state index is 11.8. The predicted octanol–water partition coefficient (Wildman–Crippen LogP) is 2.05. The number of carbonyl (C=O) groups is 2. The van der Waals surface area contributed by atoms with Crippen molar-refractivity contribution in [3.8, 4) is 0 Å². The van der Waals surface area contributed by atoms with Crippen LogP contribution in [0.4, 0.5) is 5.69 Å². The number of amides is 1. The molecule has 1 N–H and O–H groups in total. The van der Waals surface area contributed by atoms with Crippen LogP contribution in [0.3, 0.4) is 0 Å². The summed E-state index contributed by atoms with van der Waals surface area (Å²) in [4.78, 5) is 23.9. The third kappa shape index (κ3) is 2.77. The van der Waals surface area contributed by atoms with Gasteiger partial charge in [0.05, 0.1) is 6.42 Å². The standard InChI is InChI=1S/C12H12INO3/c13-9-2-3-10-8(7-9)1-4-11(15)14(10)6-5-12(16)17/h2-3,7H,1,4-6H2,(H,16,17). The summed E-state index contributed by atoms with van der Waals surface area (Å²) in [6.07, 6.45) is 1.19. The summed E-state index contributed by atoms with van der Waals surface area (Å²) >= 11 is 2.23. The van der Waals surface area contributed by atoms with Crippen molar-refractivity contribution in [3.63, 3.8) is 0 Å². The Balaban J connectivity index is 2.27. The maximum Gasteiger partial charge on any atom is 0.305 e. The summed E-state index contributed by atoms with van der Waals surface area (Å²) in [5.41, 5.74) is 1.99. The van der Waals surface area contributed by atoms with Gasteiger partial charge in [-0.25, -0.2) is 0 Å². The minimum Gasteiger partial charge on any atom is -0.481 e. The zero-order valence-electron chi connectivity index (χ0n) is 9.15. The first kappa shape index (κ1) is 12.3. The van der Waals surface area contributed by atoms with Gasteiger partial charge in [-0.3, -0.25) is 9.59 Å². The van der Waals surface area contributed by atoms with E-state index in [-0.39, 0.29) is 18.9 Å². The lowest BCUT2D eigenvalue weighted by molar-refractivity contribution is -0.136. The number of nitrogens with zero attached hydrogens (tertiary/aromatic N) is 1. The third-order valence-electron chi connectivity index (χ3n) is 2.79. The summed E-state index contributed by atoms with van der Waals surface area (Å²) in [6.45, 7) is 0.252. The molecular weight excluding hydrogens is 333 g/mol. The fourth-order valence-electron chi connectivity index (χ4n) is 1.98. The highest BCUT2D eigenvalue weighted by molar-refractivity contribution is 14.1. The number of hydrogen-bond acceptors (Lipinski definition) is 2. The summed E-state index contributed by atoms with van der Waals surface area (Å²) in [7, 11) is 0. The van der Waals surface area contributed by atoms with Gasteiger partial charge in [0.15, 0.2) is 0 Å². The van der Waals surface area contributed by atoms with Gasteiger partial charge >= 0.3 is 5.97 Å². The molecule has 0 atom stereocenters. The van der Waals surface area contributed by atoms with Crippen LogP contribution < -0.4 is 4.90 Å². The van der Waals surface area contributed by atoms with Crippen molar-refractivity contribution >= 4 is 40.2 Å². The highest BCUT2D eigenvalue weighted by atomic mass is 127. The van der Waals surface area contributed by atoms with Crippen molar-refractivity contribution in [2.75, 3.05) is 11.4 Å². The average Bonchev–Trinajstić information content (AvgIpc) is 2.27. The van der Waals surface area contributed by atoms with Crippen LogP contribution in [-0.2, 0) is 16.0 Å². The normalized spacial score (nSPS) is 14.6. The second kappa shape index (κ2) is 5.03. The zero-order valence-corrected chi connectivity index (χ0v) is 11.3. The Hall–Kier alpha value is -1.11. The number of aliphatic carboxylic acids is 1. The molecule has 0 aromatic heterocycles. The number of benzene rings is 1. The van der Waals surface area contributed by atoms with Crippen molar-refractivity contribution in [3.05, 3.63) is 27.3 Å². The molecule has 4 nitrogen and oxygen atoms in total. The lowest BCUT2D eigenvalue weighted by Gasteiger charge is -2.29. The minimum atomic E-state index is -0.879. The Kier molecular flexibility index (Phi) is 3.66. The fraction of sp³-hybridized carbons (Fsp3) is 0.333. The lowest BCUT2D eigenvalue weighted by atomic mass is 10.0. The van der Waals surface area contributed by atoms with Crippen LogP contribution in [0, 0.1) is 3.57 Å². The number of carbonyl (C=O) groups excluding carboxylic acids is 1. The van der Waals surface area contributed by atoms with E-state index in [2.05, 4.69) is 28.7 Å². The minimum absolute atomic E-state index is 0.0139. The summed E-state index contributed by atoms with van der Waals surface area (Å²) < 4.78 is 1.13. The molecule has 1 aromatic carbocycles. The molecule has 0 saturated carbocycles. The van der Waals surface area contributed by atoms with Gasteiger partial charge in [-0.1, -0.05) is 0 Å². The van der Waals surface area contributed by atoms with Gasteiger partial charge in [-0.05, 0) is 52.8 Å². The molecule has 0 aliphatic carbocycles. The molecule has 0 unspecified atom stereocenters. The van der Waals surface area contributed by atoms with Crippen molar-refractivity contribution < 1.29 is 14.7 Å². The molecule has 1 heterocycles. The highest BCUT2D eigenvalue weighted by Gasteiger charge is 2.24. The monoisotopic (exact) mass is 345 g/mol. The van der Waals surface area contributed by atoms with Crippen molar-refractivity contribution in [1.82, 2.24) is 0 Å². The third-order valence-corrected chi connectivity index (χ3v) is 3.46. The Bertz CT molecular complexity index is 473. The number of carboxylic acids is 1. The number of rotatable bonds is 3. The van der Waals surface area contributed by atoms with E-state index in [0.29, 0.717) is 6.42 Å². The van der Waals surface area contributed by atoms with Gasteiger partial charge in [-0.15, -0.1) is 0 Å². The summed E-state index contributed by atoms with van der Waals surface area (Å²) in [5, 5.41) is 8.68. The van der Waals surface area contributed by atoms with E-state index in [1.54, 1.807) is 4.90 Å². The Morgan fingerprint density at radius 3 is 2.88 bits per heavy atom. The van der Waals surface area contributed by atoms with Crippen LogP contribution in [0.15, 0.2) is 18.2 Å². The van der Waals surface area contributed by atoms with E-state index in [0.717, 1.165) is 21.2 Å². The second-order valence-corrected chi connectivity index (χ2v) is 5.21. The van der Waals surface area contributed by atoms with Gasteiger partial charge < -0.3 is 10.0 Å². The molecule has 1 aromatic rings. The summed E-state index contributed by atoms with van der Waals surface area (Å²) in [6, 6.07) is 5.89. The van der Waals surface area contributed by atoms with Crippen LogP contribution in [0.25, 0.3) is 0 Å². The molecule has 0 radical (unpaired) electrons. The Morgan fingerprint density at radius 2 is 2.18 bits per heavy atom. The second-order valence-electron chi connectivity index (χ2n) is 3.96. The number of fused-ring (bicyclic) bond motifs is 1. The van der Waals surface area contributed by atoms with Gasteiger partial charge in [0, 0.05) is 22.2 Å². The van der Waals surface area contributed by atoms with E-state index in [9.17, 15) is 9.59 Å². The molecular formula is C12H12INO3. The topological polar surface area (TPSA) is 57.6 Å². The Morgan fingerprint density at radius 1 is 1.41 bits per heavy atom. The summed E-state index contributed by atoms with van der Waals surface area (Å²) in [5.74, 6) is -0.865. The molecule has 2 rings (SSSR count). The molecule has 90 valence electrons.